The summed E-state index contributed by atoms with van der Waals surface area (Å²) < 4.78 is 0. The number of halogens is 1. The molecule has 0 bridgehead atoms. The van der Waals surface area contributed by atoms with E-state index in [1.807, 2.05) is 39.1 Å². The number of nitrogens with one attached hydrogen (secondary N) is 2. The summed E-state index contributed by atoms with van der Waals surface area (Å²) in [6, 6.07) is 5.92. The van der Waals surface area contributed by atoms with Crippen molar-refractivity contribution in [3.05, 3.63) is 40.2 Å². The monoisotopic (exact) mass is 302 g/mol. The minimum atomic E-state index is 0.506. The Hall–Kier alpha value is -1.81. The van der Waals surface area contributed by atoms with E-state index in [2.05, 4.69) is 20.6 Å². The molecule has 3 rings (SSSR count). The van der Waals surface area contributed by atoms with Gasteiger partial charge in [0.25, 0.3) is 0 Å². The molecule has 2 N–H and O–H groups in total. The summed E-state index contributed by atoms with van der Waals surface area (Å²) in [6.45, 7) is 4.05. The molecule has 0 unspecified atom stereocenters. The quantitative estimate of drug-likeness (QED) is 0.878. The second-order valence-corrected chi connectivity index (χ2v) is 5.94. The van der Waals surface area contributed by atoms with Gasteiger partial charge in [-0.2, -0.15) is 0 Å². The predicted octanol–water partition coefficient (Wildman–Crippen LogP) is 4.41. The molecule has 0 atom stereocenters. The Kier molecular flexibility index (Phi) is 3.72. The van der Waals surface area contributed by atoms with Gasteiger partial charge in [-0.05, 0) is 44.4 Å². The lowest BCUT2D eigenvalue weighted by molar-refractivity contribution is 0.924. The van der Waals surface area contributed by atoms with Crippen LogP contribution in [0.4, 0.5) is 17.3 Å². The van der Waals surface area contributed by atoms with Gasteiger partial charge < -0.3 is 10.6 Å². The fraction of sp³-hybridized carbons (Fsp3) is 0.375. The molecule has 0 spiro atoms. The molecule has 1 fully saturated rings. The number of aryl methyl sites for hydroxylation is 1. The molecular formula is C16H19ClN4. The topological polar surface area (TPSA) is 49.8 Å². The van der Waals surface area contributed by atoms with Crippen molar-refractivity contribution in [3.8, 4) is 0 Å². The standard InChI is InChI=1S/C16H19ClN4/c1-9-4-7-12(17)13(8-9)19-15-10(2)14(18-3)20-16(21-15)11-5-6-11/h4,7-8,11H,5-6H2,1-3H3,(H2,18,19,20,21). The Labute approximate surface area is 130 Å². The summed E-state index contributed by atoms with van der Waals surface area (Å²) in [5, 5.41) is 7.19. The van der Waals surface area contributed by atoms with Gasteiger partial charge in [0.15, 0.2) is 0 Å². The first-order chi connectivity index (χ1) is 10.1. The lowest BCUT2D eigenvalue weighted by atomic mass is 10.2. The zero-order valence-corrected chi connectivity index (χ0v) is 13.3. The summed E-state index contributed by atoms with van der Waals surface area (Å²) in [5.74, 6) is 3.12. The van der Waals surface area contributed by atoms with Gasteiger partial charge in [0.1, 0.15) is 17.5 Å². The van der Waals surface area contributed by atoms with Crippen molar-refractivity contribution in [1.29, 1.82) is 0 Å². The van der Waals surface area contributed by atoms with Crippen LogP contribution in [-0.2, 0) is 0 Å². The molecule has 1 aromatic heterocycles. The van der Waals surface area contributed by atoms with E-state index in [1.165, 1.54) is 12.8 Å². The van der Waals surface area contributed by atoms with Crippen molar-refractivity contribution < 1.29 is 0 Å². The zero-order chi connectivity index (χ0) is 15.0. The van der Waals surface area contributed by atoms with E-state index < -0.39 is 0 Å². The van der Waals surface area contributed by atoms with Gasteiger partial charge >= 0.3 is 0 Å². The first-order valence-corrected chi connectivity index (χ1v) is 7.55. The van der Waals surface area contributed by atoms with Crippen molar-refractivity contribution in [2.24, 2.45) is 0 Å². The molecule has 0 radical (unpaired) electrons. The van der Waals surface area contributed by atoms with Crippen LogP contribution in [-0.4, -0.2) is 17.0 Å². The molecule has 1 aliphatic rings. The van der Waals surface area contributed by atoms with Crippen molar-refractivity contribution in [3.63, 3.8) is 0 Å². The highest BCUT2D eigenvalue weighted by Gasteiger charge is 2.28. The van der Waals surface area contributed by atoms with Crippen LogP contribution >= 0.6 is 11.6 Å². The molecule has 0 saturated heterocycles. The number of rotatable bonds is 4. The molecule has 110 valence electrons. The molecule has 0 amide bonds. The summed E-state index contributed by atoms with van der Waals surface area (Å²) >= 11 is 6.27. The normalized spacial score (nSPS) is 14.1. The summed E-state index contributed by atoms with van der Waals surface area (Å²) in [7, 11) is 1.88. The molecule has 2 aromatic rings. The van der Waals surface area contributed by atoms with Gasteiger partial charge in [0.2, 0.25) is 0 Å². The van der Waals surface area contributed by atoms with Crippen LogP contribution in [0, 0.1) is 13.8 Å². The van der Waals surface area contributed by atoms with Gasteiger partial charge in [-0.3, -0.25) is 0 Å². The van der Waals surface area contributed by atoms with Crippen molar-refractivity contribution >= 4 is 28.9 Å². The Morgan fingerprint density at radius 2 is 1.86 bits per heavy atom. The fourth-order valence-electron chi connectivity index (χ4n) is 2.29. The molecule has 4 nitrogen and oxygen atoms in total. The van der Waals surface area contributed by atoms with Crippen molar-refractivity contribution in [1.82, 2.24) is 9.97 Å². The summed E-state index contributed by atoms with van der Waals surface area (Å²) in [6.07, 6.45) is 2.35. The minimum absolute atomic E-state index is 0.506. The van der Waals surface area contributed by atoms with E-state index in [1.54, 1.807) is 0 Å². The number of benzene rings is 1. The van der Waals surface area contributed by atoms with Crippen molar-refractivity contribution in [2.75, 3.05) is 17.7 Å². The molecule has 0 aliphatic heterocycles. The van der Waals surface area contributed by atoms with Crippen LogP contribution in [0.3, 0.4) is 0 Å². The van der Waals surface area contributed by atoms with E-state index in [-0.39, 0.29) is 0 Å². The third kappa shape index (κ3) is 2.95. The third-order valence-electron chi connectivity index (χ3n) is 3.72. The number of hydrogen-bond acceptors (Lipinski definition) is 4. The lowest BCUT2D eigenvalue weighted by Gasteiger charge is -2.15. The predicted molar refractivity (Wildman–Crippen MR) is 87.8 cm³/mol. The van der Waals surface area contributed by atoms with E-state index in [4.69, 9.17) is 11.6 Å². The highest BCUT2D eigenvalue weighted by Crippen LogP contribution is 2.40. The van der Waals surface area contributed by atoms with Crippen LogP contribution in [0.15, 0.2) is 18.2 Å². The second-order valence-electron chi connectivity index (χ2n) is 5.54. The maximum atomic E-state index is 6.27. The SMILES string of the molecule is CNc1nc(C2CC2)nc(Nc2cc(C)ccc2Cl)c1C. The molecule has 1 heterocycles. The van der Waals surface area contributed by atoms with Crippen LogP contribution in [0.25, 0.3) is 0 Å². The highest BCUT2D eigenvalue weighted by molar-refractivity contribution is 6.33. The Morgan fingerprint density at radius 3 is 2.52 bits per heavy atom. The van der Waals surface area contributed by atoms with E-state index in [0.29, 0.717) is 10.9 Å². The number of nitrogens with zero attached hydrogens (tertiary/aromatic N) is 2. The lowest BCUT2D eigenvalue weighted by Crippen LogP contribution is -2.07. The van der Waals surface area contributed by atoms with Crippen LogP contribution < -0.4 is 10.6 Å². The van der Waals surface area contributed by atoms with E-state index in [0.717, 1.165) is 34.3 Å². The minimum Gasteiger partial charge on any atom is -0.373 e. The first kappa shape index (κ1) is 14.1. The third-order valence-corrected chi connectivity index (χ3v) is 4.05. The van der Waals surface area contributed by atoms with Gasteiger partial charge in [0, 0.05) is 18.5 Å². The first-order valence-electron chi connectivity index (χ1n) is 7.18. The Bertz CT molecular complexity index is 680. The van der Waals surface area contributed by atoms with Gasteiger partial charge in [-0.25, -0.2) is 9.97 Å². The van der Waals surface area contributed by atoms with Crippen LogP contribution in [0.5, 0.6) is 0 Å². The Balaban J connectivity index is 2.00. The Morgan fingerprint density at radius 1 is 1.14 bits per heavy atom. The van der Waals surface area contributed by atoms with Crippen LogP contribution in [0.2, 0.25) is 5.02 Å². The average molecular weight is 303 g/mol. The average Bonchev–Trinajstić information content (AvgIpc) is 3.29. The maximum absolute atomic E-state index is 6.27. The van der Waals surface area contributed by atoms with Gasteiger partial charge in [-0.15, -0.1) is 0 Å². The maximum Gasteiger partial charge on any atom is 0.139 e. The summed E-state index contributed by atoms with van der Waals surface area (Å²) in [5.41, 5.74) is 3.03. The number of aromatic nitrogens is 2. The molecule has 21 heavy (non-hydrogen) atoms. The highest BCUT2D eigenvalue weighted by atomic mass is 35.5. The molecule has 1 saturated carbocycles. The van der Waals surface area contributed by atoms with Crippen molar-refractivity contribution in [2.45, 2.75) is 32.6 Å². The number of anilines is 3. The molecule has 1 aliphatic carbocycles. The molecule has 1 aromatic carbocycles. The molecule has 5 heteroatoms. The second kappa shape index (κ2) is 5.53. The molecular weight excluding hydrogens is 284 g/mol. The van der Waals surface area contributed by atoms with E-state index in [9.17, 15) is 0 Å². The number of hydrogen-bond donors (Lipinski definition) is 2. The fourth-order valence-corrected chi connectivity index (χ4v) is 2.45. The smallest absolute Gasteiger partial charge is 0.139 e. The summed E-state index contributed by atoms with van der Waals surface area (Å²) in [4.78, 5) is 9.29. The zero-order valence-electron chi connectivity index (χ0n) is 12.5. The largest absolute Gasteiger partial charge is 0.373 e. The van der Waals surface area contributed by atoms with Gasteiger partial charge in [-0.1, -0.05) is 17.7 Å². The van der Waals surface area contributed by atoms with E-state index >= 15 is 0 Å². The van der Waals surface area contributed by atoms with Crippen LogP contribution in [0.1, 0.15) is 35.7 Å². The van der Waals surface area contributed by atoms with Gasteiger partial charge in [0.05, 0.1) is 10.7 Å².